The number of alkyl halides is 1. The van der Waals surface area contributed by atoms with Crippen LogP contribution in [-0.2, 0) is 6.42 Å². The van der Waals surface area contributed by atoms with Crippen molar-refractivity contribution in [2.75, 3.05) is 14.2 Å². The predicted molar refractivity (Wildman–Crippen MR) is 88.8 cm³/mol. The third kappa shape index (κ3) is 3.01. The molecule has 2 nitrogen and oxygen atoms in total. The van der Waals surface area contributed by atoms with E-state index in [2.05, 4.69) is 48.0 Å². The second kappa shape index (κ2) is 6.64. The highest BCUT2D eigenvalue weighted by molar-refractivity contribution is 9.09. The minimum Gasteiger partial charge on any atom is -0.493 e. The zero-order valence-electron chi connectivity index (χ0n) is 12.2. The second-order valence-electron chi connectivity index (χ2n) is 4.58. The van der Waals surface area contributed by atoms with Gasteiger partial charge in [-0.15, -0.1) is 11.3 Å². The average Bonchev–Trinajstić information content (AvgIpc) is 2.95. The maximum atomic E-state index is 5.40. The van der Waals surface area contributed by atoms with Crippen LogP contribution in [0.5, 0.6) is 11.5 Å². The molecule has 2 aromatic rings. The Bertz CT molecular complexity index is 592. The first-order valence-electron chi connectivity index (χ1n) is 6.55. The number of benzene rings is 1. The van der Waals surface area contributed by atoms with Crippen LogP contribution < -0.4 is 9.47 Å². The van der Waals surface area contributed by atoms with Crippen LogP contribution in [0.1, 0.15) is 32.6 Å². The third-order valence-electron chi connectivity index (χ3n) is 3.33. The number of ether oxygens (including phenoxy) is 2. The van der Waals surface area contributed by atoms with Crippen molar-refractivity contribution in [3.05, 3.63) is 45.1 Å². The van der Waals surface area contributed by atoms with Crippen molar-refractivity contribution in [2.24, 2.45) is 0 Å². The van der Waals surface area contributed by atoms with E-state index in [-0.39, 0.29) is 4.83 Å². The number of rotatable bonds is 5. The van der Waals surface area contributed by atoms with Crippen LogP contribution in [-0.4, -0.2) is 14.2 Å². The smallest absolute Gasteiger partial charge is 0.161 e. The van der Waals surface area contributed by atoms with E-state index >= 15 is 0 Å². The lowest BCUT2D eigenvalue weighted by atomic mass is 10.0. The first-order chi connectivity index (χ1) is 9.60. The lowest BCUT2D eigenvalue weighted by molar-refractivity contribution is 0.354. The molecular formula is C16H19BrO2S. The third-order valence-corrected chi connectivity index (χ3v) is 5.91. The van der Waals surface area contributed by atoms with E-state index in [4.69, 9.17) is 9.47 Å². The molecule has 1 heterocycles. The van der Waals surface area contributed by atoms with Gasteiger partial charge >= 0.3 is 0 Å². The number of hydrogen-bond acceptors (Lipinski definition) is 3. The van der Waals surface area contributed by atoms with Gasteiger partial charge in [0, 0.05) is 9.75 Å². The fraction of sp³-hybridized carbons (Fsp3) is 0.375. The molecule has 2 rings (SSSR count). The van der Waals surface area contributed by atoms with Gasteiger partial charge in [-0.2, -0.15) is 0 Å². The van der Waals surface area contributed by atoms with Crippen LogP contribution in [0.3, 0.4) is 0 Å². The summed E-state index contributed by atoms with van der Waals surface area (Å²) in [5.74, 6) is 1.54. The number of halogens is 1. The van der Waals surface area contributed by atoms with Crippen LogP contribution >= 0.6 is 27.3 Å². The zero-order valence-corrected chi connectivity index (χ0v) is 14.6. The summed E-state index contributed by atoms with van der Waals surface area (Å²) in [6.45, 7) is 4.28. The summed E-state index contributed by atoms with van der Waals surface area (Å²) in [6, 6.07) is 8.47. The molecule has 1 aromatic carbocycles. The summed E-state index contributed by atoms with van der Waals surface area (Å²) in [6.07, 6.45) is 1.08. The van der Waals surface area contributed by atoms with Gasteiger partial charge in [-0.3, -0.25) is 0 Å². The highest BCUT2D eigenvalue weighted by Gasteiger charge is 2.18. The number of thiophene rings is 1. The molecule has 0 bridgehead atoms. The summed E-state index contributed by atoms with van der Waals surface area (Å²) >= 11 is 5.66. The molecule has 1 aromatic heterocycles. The number of methoxy groups -OCH3 is 2. The van der Waals surface area contributed by atoms with Gasteiger partial charge in [-0.1, -0.05) is 22.9 Å². The van der Waals surface area contributed by atoms with E-state index in [0.29, 0.717) is 0 Å². The van der Waals surface area contributed by atoms with Crippen LogP contribution in [0.15, 0.2) is 24.3 Å². The van der Waals surface area contributed by atoms with Crippen LogP contribution in [0.2, 0.25) is 0 Å². The van der Waals surface area contributed by atoms with Gasteiger partial charge in [0.2, 0.25) is 0 Å². The monoisotopic (exact) mass is 354 g/mol. The molecule has 0 amide bonds. The number of aryl methyl sites for hydroxylation is 2. The summed E-state index contributed by atoms with van der Waals surface area (Å²) in [5, 5.41) is 0. The van der Waals surface area contributed by atoms with Gasteiger partial charge < -0.3 is 9.47 Å². The minimum atomic E-state index is 0.188. The van der Waals surface area contributed by atoms with E-state index in [9.17, 15) is 0 Å². The molecule has 1 atom stereocenters. The topological polar surface area (TPSA) is 18.5 Å². The van der Waals surface area contributed by atoms with E-state index in [0.717, 1.165) is 17.9 Å². The highest BCUT2D eigenvalue weighted by atomic mass is 79.9. The molecule has 108 valence electrons. The average molecular weight is 355 g/mol. The van der Waals surface area contributed by atoms with Gasteiger partial charge in [0.1, 0.15) is 0 Å². The molecule has 0 saturated heterocycles. The first-order valence-corrected chi connectivity index (χ1v) is 8.29. The fourth-order valence-corrected chi connectivity index (χ4v) is 4.02. The normalized spacial score (nSPS) is 12.2. The molecule has 4 heteroatoms. The van der Waals surface area contributed by atoms with Crippen molar-refractivity contribution in [2.45, 2.75) is 25.1 Å². The van der Waals surface area contributed by atoms with Crippen LogP contribution in [0.25, 0.3) is 0 Å². The fourth-order valence-electron chi connectivity index (χ4n) is 2.14. The Balaban J connectivity index is 2.40. The van der Waals surface area contributed by atoms with Gasteiger partial charge in [-0.25, -0.2) is 0 Å². The molecule has 0 spiro atoms. The molecule has 0 saturated carbocycles. The quantitative estimate of drug-likeness (QED) is 0.693. The zero-order chi connectivity index (χ0) is 14.7. The Morgan fingerprint density at radius 2 is 1.80 bits per heavy atom. The molecule has 0 aliphatic heterocycles. The largest absolute Gasteiger partial charge is 0.493 e. The molecule has 0 aliphatic carbocycles. The summed E-state index contributed by atoms with van der Waals surface area (Å²) in [5.41, 5.74) is 2.41. The van der Waals surface area contributed by atoms with Gasteiger partial charge in [0.25, 0.3) is 0 Å². The van der Waals surface area contributed by atoms with Crippen LogP contribution in [0, 0.1) is 6.92 Å². The molecule has 0 N–H and O–H groups in total. The number of hydrogen-bond donors (Lipinski definition) is 0. The Morgan fingerprint density at radius 3 is 2.35 bits per heavy atom. The molecule has 0 radical (unpaired) electrons. The van der Waals surface area contributed by atoms with E-state index < -0.39 is 0 Å². The SMILES string of the molecule is CCc1ccc(C(Br)c2cc(OC)c(OC)cc2C)s1. The van der Waals surface area contributed by atoms with Crippen molar-refractivity contribution in [1.82, 2.24) is 0 Å². The molecular weight excluding hydrogens is 336 g/mol. The first kappa shape index (κ1) is 15.4. The molecule has 0 aliphatic rings. The summed E-state index contributed by atoms with van der Waals surface area (Å²) in [7, 11) is 3.33. The van der Waals surface area contributed by atoms with E-state index in [1.807, 2.05) is 17.4 Å². The van der Waals surface area contributed by atoms with Gasteiger partial charge in [0.15, 0.2) is 11.5 Å². The van der Waals surface area contributed by atoms with E-state index in [1.165, 1.54) is 20.9 Å². The Hall–Kier alpha value is -1.00. The lowest BCUT2D eigenvalue weighted by Crippen LogP contribution is -1.98. The standard InChI is InChI=1S/C16H19BrO2S/c1-5-11-6-7-15(20-11)16(17)12-9-14(19-4)13(18-3)8-10(12)2/h6-9,16H,5H2,1-4H3. The summed E-state index contributed by atoms with van der Waals surface area (Å²) < 4.78 is 10.7. The second-order valence-corrected chi connectivity index (χ2v) is 6.70. The molecule has 1 unspecified atom stereocenters. The van der Waals surface area contributed by atoms with Crippen molar-refractivity contribution < 1.29 is 9.47 Å². The highest BCUT2D eigenvalue weighted by Crippen LogP contribution is 2.41. The molecule has 20 heavy (non-hydrogen) atoms. The Morgan fingerprint density at radius 1 is 1.15 bits per heavy atom. The van der Waals surface area contributed by atoms with Crippen molar-refractivity contribution in [3.63, 3.8) is 0 Å². The van der Waals surface area contributed by atoms with Gasteiger partial charge in [0.05, 0.1) is 19.0 Å². The van der Waals surface area contributed by atoms with E-state index in [1.54, 1.807) is 14.2 Å². The Labute approximate surface area is 132 Å². The van der Waals surface area contributed by atoms with Crippen molar-refractivity contribution >= 4 is 27.3 Å². The lowest BCUT2D eigenvalue weighted by Gasteiger charge is -2.16. The van der Waals surface area contributed by atoms with Crippen molar-refractivity contribution in [1.29, 1.82) is 0 Å². The maximum Gasteiger partial charge on any atom is 0.161 e. The van der Waals surface area contributed by atoms with Crippen LogP contribution in [0.4, 0.5) is 0 Å². The maximum absolute atomic E-state index is 5.40. The predicted octanol–water partition coefficient (Wildman–Crippen LogP) is 5.12. The Kier molecular flexibility index (Phi) is 5.11. The van der Waals surface area contributed by atoms with Gasteiger partial charge in [-0.05, 0) is 48.7 Å². The summed E-state index contributed by atoms with van der Waals surface area (Å²) in [4.78, 5) is 2.91. The van der Waals surface area contributed by atoms with Crippen molar-refractivity contribution in [3.8, 4) is 11.5 Å². The molecule has 0 fully saturated rings. The minimum absolute atomic E-state index is 0.188.